The molecule has 0 heterocycles. The predicted molar refractivity (Wildman–Crippen MR) is 91.4 cm³/mol. The van der Waals surface area contributed by atoms with Gasteiger partial charge >= 0.3 is 0 Å². The van der Waals surface area contributed by atoms with Crippen LogP contribution in [-0.4, -0.2) is 31.8 Å². The van der Waals surface area contributed by atoms with Crippen LogP contribution >= 0.6 is 0 Å². The summed E-state index contributed by atoms with van der Waals surface area (Å²) in [6.45, 7) is 9.30. The van der Waals surface area contributed by atoms with Crippen LogP contribution in [0.4, 0.5) is 0 Å². The van der Waals surface area contributed by atoms with Gasteiger partial charge in [-0.2, -0.15) is 0 Å². The van der Waals surface area contributed by atoms with Gasteiger partial charge < -0.3 is 20.5 Å². The molecule has 0 saturated carbocycles. The Balaban J connectivity index is 2.75. The molecular formula is C17H29N3O2. The lowest BCUT2D eigenvalue weighted by Crippen LogP contribution is -2.40. The Labute approximate surface area is 133 Å². The zero-order valence-electron chi connectivity index (χ0n) is 14.3. The van der Waals surface area contributed by atoms with Gasteiger partial charge in [-0.25, -0.2) is 4.99 Å². The number of aryl methyl sites for hydroxylation is 1. The van der Waals surface area contributed by atoms with Crippen LogP contribution in [0.5, 0.6) is 5.75 Å². The molecule has 0 bridgehead atoms. The fourth-order valence-corrected chi connectivity index (χ4v) is 1.96. The number of rotatable bonds is 8. The number of nitrogens with zero attached hydrogens (tertiary/aromatic N) is 1. The van der Waals surface area contributed by atoms with Crippen LogP contribution in [0.2, 0.25) is 0 Å². The molecule has 0 aliphatic heterocycles. The average Bonchev–Trinajstić information content (AvgIpc) is 2.46. The second kappa shape index (κ2) is 9.30. The van der Waals surface area contributed by atoms with Gasteiger partial charge in [-0.1, -0.05) is 19.1 Å². The summed E-state index contributed by atoms with van der Waals surface area (Å²) in [6, 6.07) is 6.28. The fourth-order valence-electron chi connectivity index (χ4n) is 1.96. The third-order valence-electron chi connectivity index (χ3n) is 3.36. The summed E-state index contributed by atoms with van der Waals surface area (Å²) >= 11 is 0. The minimum Gasteiger partial charge on any atom is -0.490 e. The molecule has 5 heteroatoms. The van der Waals surface area contributed by atoms with Crippen LogP contribution in [0.3, 0.4) is 0 Å². The van der Waals surface area contributed by atoms with Gasteiger partial charge in [0.05, 0.1) is 19.3 Å². The first-order chi connectivity index (χ1) is 10.5. The molecule has 0 spiro atoms. The molecule has 2 unspecified atom stereocenters. The Kier molecular flexibility index (Phi) is 7.74. The zero-order valence-corrected chi connectivity index (χ0v) is 14.3. The SMILES string of the molecule is CCC(C)Oc1cc(C)ccc1CN=C(N)NC(C)COC. The Morgan fingerprint density at radius 3 is 2.73 bits per heavy atom. The molecule has 2 atom stereocenters. The number of hydrogen-bond acceptors (Lipinski definition) is 3. The second-order valence-corrected chi connectivity index (χ2v) is 5.65. The molecule has 1 rings (SSSR count). The lowest BCUT2D eigenvalue weighted by Gasteiger charge is -2.17. The van der Waals surface area contributed by atoms with Crippen molar-refractivity contribution in [2.24, 2.45) is 10.7 Å². The van der Waals surface area contributed by atoms with Gasteiger partial charge in [0.25, 0.3) is 0 Å². The van der Waals surface area contributed by atoms with Crippen LogP contribution < -0.4 is 15.8 Å². The maximum Gasteiger partial charge on any atom is 0.189 e. The van der Waals surface area contributed by atoms with Crippen LogP contribution in [0.25, 0.3) is 0 Å². The largest absolute Gasteiger partial charge is 0.490 e. The Hall–Kier alpha value is -1.75. The van der Waals surface area contributed by atoms with Crippen molar-refractivity contribution in [3.63, 3.8) is 0 Å². The van der Waals surface area contributed by atoms with Crippen LogP contribution in [0.15, 0.2) is 23.2 Å². The molecule has 0 aliphatic rings. The molecule has 0 aromatic heterocycles. The molecule has 0 aliphatic carbocycles. The highest BCUT2D eigenvalue weighted by atomic mass is 16.5. The van der Waals surface area contributed by atoms with Crippen molar-refractivity contribution in [3.8, 4) is 5.75 Å². The highest BCUT2D eigenvalue weighted by Gasteiger charge is 2.08. The summed E-state index contributed by atoms with van der Waals surface area (Å²) < 4.78 is 11.0. The van der Waals surface area contributed by atoms with Crippen molar-refractivity contribution in [2.75, 3.05) is 13.7 Å². The number of nitrogens with one attached hydrogen (secondary N) is 1. The fraction of sp³-hybridized carbons (Fsp3) is 0.588. The van der Waals surface area contributed by atoms with Crippen molar-refractivity contribution in [2.45, 2.75) is 52.8 Å². The highest BCUT2D eigenvalue weighted by Crippen LogP contribution is 2.23. The molecule has 5 nitrogen and oxygen atoms in total. The molecule has 22 heavy (non-hydrogen) atoms. The Bertz CT molecular complexity index is 489. The van der Waals surface area contributed by atoms with Gasteiger partial charge in [-0.05, 0) is 38.8 Å². The standard InChI is InChI=1S/C17H29N3O2/c1-6-14(4)22-16-9-12(2)7-8-15(16)10-19-17(18)20-13(3)11-21-5/h7-9,13-14H,6,10-11H2,1-5H3,(H3,18,19,20). The van der Waals surface area contributed by atoms with Gasteiger partial charge in [-0.15, -0.1) is 0 Å². The number of methoxy groups -OCH3 is 1. The summed E-state index contributed by atoms with van der Waals surface area (Å²) in [7, 11) is 1.66. The molecule has 0 saturated heterocycles. The molecule has 124 valence electrons. The summed E-state index contributed by atoms with van der Waals surface area (Å²) in [4.78, 5) is 4.39. The van der Waals surface area contributed by atoms with E-state index in [9.17, 15) is 0 Å². The number of hydrogen-bond donors (Lipinski definition) is 2. The van der Waals surface area contributed by atoms with E-state index in [1.165, 1.54) is 5.56 Å². The van der Waals surface area contributed by atoms with E-state index in [1.54, 1.807) is 7.11 Å². The minimum absolute atomic E-state index is 0.127. The molecular weight excluding hydrogens is 278 g/mol. The normalized spacial score (nSPS) is 14.5. The van der Waals surface area contributed by atoms with Crippen molar-refractivity contribution in [1.29, 1.82) is 0 Å². The maximum absolute atomic E-state index is 5.98. The highest BCUT2D eigenvalue weighted by molar-refractivity contribution is 5.78. The van der Waals surface area contributed by atoms with Gasteiger partial charge in [0, 0.05) is 18.7 Å². The van der Waals surface area contributed by atoms with Crippen molar-refractivity contribution >= 4 is 5.96 Å². The number of benzene rings is 1. The van der Waals surface area contributed by atoms with Gasteiger partial charge in [0.2, 0.25) is 0 Å². The first-order valence-corrected chi connectivity index (χ1v) is 7.77. The summed E-state index contributed by atoms with van der Waals surface area (Å²) in [5.74, 6) is 1.30. The van der Waals surface area contributed by atoms with E-state index in [-0.39, 0.29) is 12.1 Å². The van der Waals surface area contributed by atoms with E-state index in [0.29, 0.717) is 19.1 Å². The molecule has 0 fully saturated rings. The van der Waals surface area contributed by atoms with E-state index < -0.39 is 0 Å². The van der Waals surface area contributed by atoms with Crippen LogP contribution in [0.1, 0.15) is 38.3 Å². The number of aliphatic imine (C=N–C) groups is 1. The van der Waals surface area contributed by atoms with Gasteiger partial charge in [0.15, 0.2) is 5.96 Å². The van der Waals surface area contributed by atoms with E-state index >= 15 is 0 Å². The topological polar surface area (TPSA) is 68.9 Å². The van der Waals surface area contributed by atoms with E-state index in [0.717, 1.165) is 17.7 Å². The number of ether oxygens (including phenoxy) is 2. The van der Waals surface area contributed by atoms with Gasteiger partial charge in [0.1, 0.15) is 5.75 Å². The molecule has 0 amide bonds. The van der Waals surface area contributed by atoms with E-state index in [2.05, 4.69) is 37.1 Å². The molecule has 1 aromatic rings. The first-order valence-electron chi connectivity index (χ1n) is 7.77. The predicted octanol–water partition coefficient (Wildman–Crippen LogP) is 2.61. The third-order valence-corrected chi connectivity index (χ3v) is 3.36. The quantitative estimate of drug-likeness (QED) is 0.572. The number of nitrogens with two attached hydrogens (primary N) is 1. The summed E-state index contributed by atoms with van der Waals surface area (Å²) in [5.41, 5.74) is 8.11. The summed E-state index contributed by atoms with van der Waals surface area (Å²) in [6.07, 6.45) is 1.15. The lowest BCUT2D eigenvalue weighted by atomic mass is 10.1. The smallest absolute Gasteiger partial charge is 0.189 e. The number of guanidine groups is 1. The Morgan fingerprint density at radius 1 is 1.36 bits per heavy atom. The third kappa shape index (κ3) is 6.35. The molecule has 1 aromatic carbocycles. The molecule has 3 N–H and O–H groups in total. The monoisotopic (exact) mass is 307 g/mol. The van der Waals surface area contributed by atoms with Crippen molar-refractivity contribution < 1.29 is 9.47 Å². The average molecular weight is 307 g/mol. The summed E-state index contributed by atoms with van der Waals surface area (Å²) in [5, 5.41) is 3.10. The van der Waals surface area contributed by atoms with Crippen LogP contribution in [0, 0.1) is 6.92 Å². The maximum atomic E-state index is 5.98. The lowest BCUT2D eigenvalue weighted by molar-refractivity contribution is 0.179. The zero-order chi connectivity index (χ0) is 16.5. The first kappa shape index (κ1) is 18.3. The van der Waals surface area contributed by atoms with Gasteiger partial charge in [-0.3, -0.25) is 0 Å². The van der Waals surface area contributed by atoms with E-state index in [1.807, 2.05) is 19.1 Å². The molecule has 0 radical (unpaired) electrons. The van der Waals surface area contributed by atoms with Crippen LogP contribution in [-0.2, 0) is 11.3 Å². The van der Waals surface area contributed by atoms with Crippen molar-refractivity contribution in [3.05, 3.63) is 29.3 Å². The van der Waals surface area contributed by atoms with E-state index in [4.69, 9.17) is 15.2 Å². The van der Waals surface area contributed by atoms with Crippen molar-refractivity contribution in [1.82, 2.24) is 5.32 Å². The second-order valence-electron chi connectivity index (χ2n) is 5.65. The minimum atomic E-state index is 0.127. The Morgan fingerprint density at radius 2 is 2.09 bits per heavy atom.